The van der Waals surface area contributed by atoms with Crippen LogP contribution in [-0.2, 0) is 19.4 Å². The Labute approximate surface area is 147 Å². The van der Waals surface area contributed by atoms with E-state index in [0.717, 1.165) is 55.6 Å². The SMILES string of the molecule is CCc1nncn1CCNC(=NC)NCCc1cn2ccccc2n1. The van der Waals surface area contributed by atoms with Gasteiger partial charge in [0.15, 0.2) is 5.96 Å². The quantitative estimate of drug-likeness (QED) is 0.493. The van der Waals surface area contributed by atoms with E-state index in [2.05, 4.69) is 48.5 Å². The van der Waals surface area contributed by atoms with Crippen LogP contribution in [0.4, 0.5) is 0 Å². The van der Waals surface area contributed by atoms with Crippen molar-refractivity contribution in [3.8, 4) is 0 Å². The maximum atomic E-state index is 4.60. The number of guanidine groups is 1. The second-order valence-corrected chi connectivity index (χ2v) is 5.67. The van der Waals surface area contributed by atoms with Crippen LogP contribution in [0.5, 0.6) is 0 Å². The topological polar surface area (TPSA) is 84.4 Å². The van der Waals surface area contributed by atoms with E-state index in [1.807, 2.05) is 28.8 Å². The first-order valence-corrected chi connectivity index (χ1v) is 8.54. The first-order chi connectivity index (χ1) is 12.3. The third kappa shape index (κ3) is 4.34. The maximum Gasteiger partial charge on any atom is 0.191 e. The van der Waals surface area contributed by atoms with Crippen molar-refractivity contribution >= 4 is 11.6 Å². The summed E-state index contributed by atoms with van der Waals surface area (Å²) in [5.74, 6) is 1.78. The Kier molecular flexibility index (Phi) is 5.61. The minimum atomic E-state index is 0.763. The number of nitrogens with zero attached hydrogens (tertiary/aromatic N) is 6. The van der Waals surface area contributed by atoms with Gasteiger partial charge >= 0.3 is 0 Å². The zero-order chi connectivity index (χ0) is 17.5. The van der Waals surface area contributed by atoms with Crippen molar-refractivity contribution in [2.45, 2.75) is 26.3 Å². The minimum absolute atomic E-state index is 0.763. The van der Waals surface area contributed by atoms with Gasteiger partial charge in [-0.05, 0) is 12.1 Å². The molecule has 0 aromatic carbocycles. The highest BCUT2D eigenvalue weighted by Gasteiger charge is 2.04. The molecule has 0 atom stereocenters. The average Bonchev–Trinajstić information content (AvgIpc) is 3.26. The Morgan fingerprint density at radius 3 is 2.92 bits per heavy atom. The number of hydrogen-bond acceptors (Lipinski definition) is 4. The van der Waals surface area contributed by atoms with Gasteiger partial charge < -0.3 is 19.6 Å². The molecule has 0 saturated carbocycles. The Balaban J connectivity index is 1.43. The van der Waals surface area contributed by atoms with E-state index < -0.39 is 0 Å². The molecule has 0 bridgehead atoms. The van der Waals surface area contributed by atoms with Crippen molar-refractivity contribution in [1.29, 1.82) is 0 Å². The number of hydrogen-bond donors (Lipinski definition) is 2. The zero-order valence-electron chi connectivity index (χ0n) is 14.7. The van der Waals surface area contributed by atoms with E-state index in [4.69, 9.17) is 0 Å². The summed E-state index contributed by atoms with van der Waals surface area (Å²) in [6.45, 7) is 4.42. The Hall–Kier alpha value is -2.90. The fourth-order valence-corrected chi connectivity index (χ4v) is 2.67. The van der Waals surface area contributed by atoms with Gasteiger partial charge in [-0.2, -0.15) is 0 Å². The maximum absolute atomic E-state index is 4.60. The van der Waals surface area contributed by atoms with Crippen molar-refractivity contribution in [1.82, 2.24) is 34.8 Å². The van der Waals surface area contributed by atoms with E-state index in [0.29, 0.717) is 0 Å². The summed E-state index contributed by atoms with van der Waals surface area (Å²) >= 11 is 0. The molecular weight excluding hydrogens is 316 g/mol. The lowest BCUT2D eigenvalue weighted by Gasteiger charge is -2.12. The van der Waals surface area contributed by atoms with Crippen LogP contribution in [-0.4, -0.2) is 50.2 Å². The molecule has 3 heterocycles. The van der Waals surface area contributed by atoms with Gasteiger partial charge in [0, 0.05) is 51.9 Å². The smallest absolute Gasteiger partial charge is 0.191 e. The number of pyridine rings is 1. The van der Waals surface area contributed by atoms with E-state index >= 15 is 0 Å². The molecule has 0 saturated heterocycles. The highest BCUT2D eigenvalue weighted by Crippen LogP contribution is 2.04. The molecule has 8 heteroatoms. The summed E-state index contributed by atoms with van der Waals surface area (Å²) in [4.78, 5) is 8.85. The van der Waals surface area contributed by atoms with Gasteiger partial charge in [-0.15, -0.1) is 10.2 Å². The van der Waals surface area contributed by atoms with Gasteiger partial charge in [0.1, 0.15) is 17.8 Å². The molecule has 2 N–H and O–H groups in total. The van der Waals surface area contributed by atoms with Gasteiger partial charge in [0.25, 0.3) is 0 Å². The summed E-state index contributed by atoms with van der Waals surface area (Å²) < 4.78 is 4.09. The number of aromatic nitrogens is 5. The number of imidazole rings is 1. The van der Waals surface area contributed by atoms with Crippen LogP contribution in [0, 0.1) is 0 Å². The Bertz CT molecular complexity index is 799. The highest BCUT2D eigenvalue weighted by molar-refractivity contribution is 5.79. The molecule has 25 heavy (non-hydrogen) atoms. The van der Waals surface area contributed by atoms with E-state index in [9.17, 15) is 0 Å². The molecule has 0 aliphatic heterocycles. The average molecular weight is 340 g/mol. The zero-order valence-corrected chi connectivity index (χ0v) is 14.7. The Morgan fingerprint density at radius 1 is 1.24 bits per heavy atom. The van der Waals surface area contributed by atoms with E-state index in [1.54, 1.807) is 13.4 Å². The largest absolute Gasteiger partial charge is 0.356 e. The molecule has 0 radical (unpaired) electrons. The predicted molar refractivity (Wildman–Crippen MR) is 97.7 cm³/mol. The molecule has 0 amide bonds. The molecule has 0 spiro atoms. The molecular formula is C17H24N8. The summed E-state index contributed by atoms with van der Waals surface area (Å²) in [5.41, 5.74) is 2.03. The fraction of sp³-hybridized carbons (Fsp3) is 0.412. The first-order valence-electron chi connectivity index (χ1n) is 8.54. The van der Waals surface area contributed by atoms with E-state index in [-0.39, 0.29) is 0 Å². The third-order valence-corrected chi connectivity index (χ3v) is 3.97. The van der Waals surface area contributed by atoms with Crippen molar-refractivity contribution in [2.24, 2.45) is 4.99 Å². The monoisotopic (exact) mass is 340 g/mol. The van der Waals surface area contributed by atoms with Crippen LogP contribution in [0.15, 0.2) is 41.9 Å². The number of fused-ring (bicyclic) bond motifs is 1. The highest BCUT2D eigenvalue weighted by atomic mass is 15.3. The molecule has 0 aliphatic carbocycles. The number of aryl methyl sites for hydroxylation is 1. The van der Waals surface area contributed by atoms with Gasteiger partial charge in [-0.25, -0.2) is 4.98 Å². The summed E-state index contributed by atoms with van der Waals surface area (Å²) in [6.07, 6.45) is 7.56. The number of rotatable bonds is 7. The van der Waals surface area contributed by atoms with Crippen LogP contribution in [0.1, 0.15) is 18.4 Å². The Morgan fingerprint density at radius 2 is 2.12 bits per heavy atom. The number of aliphatic imine (C=N–C) groups is 1. The summed E-state index contributed by atoms with van der Waals surface area (Å²) in [6, 6.07) is 6.00. The molecule has 132 valence electrons. The van der Waals surface area contributed by atoms with Crippen LogP contribution < -0.4 is 10.6 Å². The number of nitrogens with one attached hydrogen (secondary N) is 2. The van der Waals surface area contributed by atoms with Crippen LogP contribution in [0.3, 0.4) is 0 Å². The molecule has 0 unspecified atom stereocenters. The van der Waals surface area contributed by atoms with E-state index in [1.165, 1.54) is 0 Å². The third-order valence-electron chi connectivity index (χ3n) is 3.97. The molecule has 0 fully saturated rings. The lowest BCUT2D eigenvalue weighted by Crippen LogP contribution is -2.39. The molecule has 3 aromatic heterocycles. The molecule has 8 nitrogen and oxygen atoms in total. The predicted octanol–water partition coefficient (Wildman–Crippen LogP) is 0.896. The first kappa shape index (κ1) is 16.9. The van der Waals surface area contributed by atoms with Crippen molar-refractivity contribution < 1.29 is 0 Å². The second kappa shape index (κ2) is 8.27. The molecule has 0 aliphatic rings. The van der Waals surface area contributed by atoms with Crippen LogP contribution in [0.25, 0.3) is 5.65 Å². The summed E-state index contributed by atoms with van der Waals surface area (Å²) in [7, 11) is 1.77. The van der Waals surface area contributed by atoms with Crippen molar-refractivity contribution in [3.63, 3.8) is 0 Å². The normalized spacial score (nSPS) is 11.8. The second-order valence-electron chi connectivity index (χ2n) is 5.67. The molecule has 3 aromatic rings. The lowest BCUT2D eigenvalue weighted by molar-refractivity contribution is 0.632. The minimum Gasteiger partial charge on any atom is -0.356 e. The van der Waals surface area contributed by atoms with Gasteiger partial charge in [0.2, 0.25) is 0 Å². The van der Waals surface area contributed by atoms with Gasteiger partial charge in [-0.1, -0.05) is 13.0 Å². The lowest BCUT2D eigenvalue weighted by atomic mass is 10.3. The van der Waals surface area contributed by atoms with Crippen molar-refractivity contribution in [3.05, 3.63) is 48.4 Å². The standard InChI is InChI=1S/C17H24N8/c1-3-15-23-21-13-25(15)11-9-20-17(18-2)19-8-7-14-12-24-10-5-4-6-16(24)22-14/h4-6,10,12-13H,3,7-9,11H2,1-2H3,(H2,18,19,20). The van der Waals surface area contributed by atoms with Crippen molar-refractivity contribution in [2.75, 3.05) is 20.1 Å². The fourth-order valence-electron chi connectivity index (χ4n) is 2.67. The van der Waals surface area contributed by atoms with Crippen LogP contribution >= 0.6 is 0 Å². The summed E-state index contributed by atoms with van der Waals surface area (Å²) in [5, 5.41) is 14.7. The molecule has 3 rings (SSSR count). The van der Waals surface area contributed by atoms with Gasteiger partial charge in [-0.3, -0.25) is 4.99 Å². The van der Waals surface area contributed by atoms with Crippen LogP contribution in [0.2, 0.25) is 0 Å². The van der Waals surface area contributed by atoms with Gasteiger partial charge in [0.05, 0.1) is 5.69 Å².